The second-order valence-electron chi connectivity index (χ2n) is 2.55. The number of aryl methyl sites for hydroxylation is 2. The fraction of sp³-hybridized carbons (Fsp3) is 0.222. The molecule has 0 aromatic heterocycles. The van der Waals surface area contributed by atoms with Crippen LogP contribution in [-0.4, -0.2) is 5.16 Å². The number of hydrogen-bond acceptors (Lipinski definition) is 2. The van der Waals surface area contributed by atoms with Crippen LogP contribution in [0.15, 0.2) is 23.2 Å². The third-order valence-corrected chi connectivity index (χ3v) is 1.47. The van der Waals surface area contributed by atoms with Crippen molar-refractivity contribution in [2.75, 3.05) is 0 Å². The van der Waals surface area contributed by atoms with Crippen molar-refractivity contribution in [1.82, 2.24) is 0 Å². The summed E-state index contributed by atoms with van der Waals surface area (Å²) in [6.07, 6.45) is 0. The standard InChI is InChI=1S/C9H9NS/c1-7-3-8(2)5-9(4-7)10-6-11/h3-5H,1-2H3. The Hall–Kier alpha value is -0.980. The van der Waals surface area contributed by atoms with Crippen LogP contribution in [0, 0.1) is 13.8 Å². The molecule has 0 amide bonds. The van der Waals surface area contributed by atoms with Crippen LogP contribution in [0.2, 0.25) is 0 Å². The number of nitrogens with zero attached hydrogens (tertiary/aromatic N) is 1. The highest BCUT2D eigenvalue weighted by Gasteiger charge is 1.91. The zero-order chi connectivity index (χ0) is 8.27. The Kier molecular flexibility index (Phi) is 2.53. The maximum atomic E-state index is 4.50. The van der Waals surface area contributed by atoms with Crippen molar-refractivity contribution in [3.63, 3.8) is 0 Å². The lowest BCUT2D eigenvalue weighted by Gasteiger charge is -1.96. The minimum Gasteiger partial charge on any atom is -0.195 e. The molecular formula is C9H9NS. The fourth-order valence-corrected chi connectivity index (χ4v) is 1.17. The zero-order valence-corrected chi connectivity index (χ0v) is 7.40. The molecule has 0 radical (unpaired) electrons. The van der Waals surface area contributed by atoms with Gasteiger partial charge in [-0.05, 0) is 49.3 Å². The quantitative estimate of drug-likeness (QED) is 0.458. The first-order chi connectivity index (χ1) is 5.22. The van der Waals surface area contributed by atoms with Gasteiger partial charge in [0.2, 0.25) is 0 Å². The molecule has 2 heteroatoms. The van der Waals surface area contributed by atoms with E-state index in [1.165, 1.54) is 11.1 Å². The lowest BCUT2D eigenvalue weighted by Crippen LogP contribution is -1.75. The van der Waals surface area contributed by atoms with E-state index in [2.05, 4.69) is 28.4 Å². The molecule has 0 saturated carbocycles. The lowest BCUT2D eigenvalue weighted by atomic mass is 10.1. The zero-order valence-electron chi connectivity index (χ0n) is 6.59. The number of rotatable bonds is 1. The van der Waals surface area contributed by atoms with Gasteiger partial charge in [0.15, 0.2) is 0 Å². The molecule has 0 unspecified atom stereocenters. The van der Waals surface area contributed by atoms with Gasteiger partial charge < -0.3 is 0 Å². The molecule has 1 rings (SSSR count). The Bertz CT molecular complexity index is 291. The van der Waals surface area contributed by atoms with Gasteiger partial charge in [0.1, 0.15) is 0 Å². The molecule has 0 aliphatic heterocycles. The number of hydrogen-bond donors (Lipinski definition) is 0. The van der Waals surface area contributed by atoms with Crippen molar-refractivity contribution in [2.24, 2.45) is 4.99 Å². The van der Waals surface area contributed by atoms with Gasteiger partial charge in [-0.15, -0.1) is 0 Å². The summed E-state index contributed by atoms with van der Waals surface area (Å²) in [7, 11) is 0. The molecule has 0 atom stereocenters. The first-order valence-corrected chi connectivity index (χ1v) is 3.79. The van der Waals surface area contributed by atoms with E-state index in [0.717, 1.165) is 5.69 Å². The van der Waals surface area contributed by atoms with Gasteiger partial charge in [0.05, 0.1) is 10.8 Å². The predicted octanol–water partition coefficient (Wildman–Crippen LogP) is 3.04. The second kappa shape index (κ2) is 3.42. The van der Waals surface area contributed by atoms with Crippen LogP contribution in [0.3, 0.4) is 0 Å². The van der Waals surface area contributed by atoms with Gasteiger partial charge in [-0.1, -0.05) is 6.07 Å². The Balaban J connectivity index is 3.18. The van der Waals surface area contributed by atoms with Crippen molar-refractivity contribution >= 4 is 23.1 Å². The maximum Gasteiger partial charge on any atom is 0.0744 e. The van der Waals surface area contributed by atoms with E-state index in [-0.39, 0.29) is 0 Å². The number of thiocarbonyl (C=S) groups is 1. The summed E-state index contributed by atoms with van der Waals surface area (Å²) >= 11 is 4.50. The van der Waals surface area contributed by atoms with Gasteiger partial charge in [-0.25, -0.2) is 0 Å². The summed E-state index contributed by atoms with van der Waals surface area (Å²) in [6.45, 7) is 4.07. The summed E-state index contributed by atoms with van der Waals surface area (Å²) in [5.74, 6) is 0. The number of isothiocyanates is 1. The van der Waals surface area contributed by atoms with E-state index < -0.39 is 0 Å². The van der Waals surface area contributed by atoms with Gasteiger partial charge >= 0.3 is 0 Å². The highest BCUT2D eigenvalue weighted by atomic mass is 32.1. The average molecular weight is 163 g/mol. The largest absolute Gasteiger partial charge is 0.195 e. The Morgan fingerprint density at radius 2 is 1.73 bits per heavy atom. The van der Waals surface area contributed by atoms with E-state index in [4.69, 9.17) is 0 Å². The summed E-state index contributed by atoms with van der Waals surface area (Å²) in [5.41, 5.74) is 3.29. The Morgan fingerprint density at radius 3 is 2.18 bits per heavy atom. The first kappa shape index (κ1) is 8.12. The number of aliphatic imine (C=N–C) groups is 1. The van der Waals surface area contributed by atoms with Crippen LogP contribution in [0.1, 0.15) is 11.1 Å². The monoisotopic (exact) mass is 163 g/mol. The van der Waals surface area contributed by atoms with E-state index in [0.29, 0.717) is 0 Å². The third kappa shape index (κ3) is 2.26. The smallest absolute Gasteiger partial charge is 0.0744 e. The molecule has 1 aromatic rings. The molecule has 0 N–H and O–H groups in total. The summed E-state index contributed by atoms with van der Waals surface area (Å²) in [4.78, 5) is 3.89. The summed E-state index contributed by atoms with van der Waals surface area (Å²) in [5, 5.41) is 2.35. The van der Waals surface area contributed by atoms with Gasteiger partial charge in [0, 0.05) is 0 Å². The summed E-state index contributed by atoms with van der Waals surface area (Å²) in [6, 6.07) is 6.06. The first-order valence-electron chi connectivity index (χ1n) is 3.38. The van der Waals surface area contributed by atoms with E-state index in [9.17, 15) is 0 Å². The highest BCUT2D eigenvalue weighted by molar-refractivity contribution is 7.78. The van der Waals surface area contributed by atoms with Gasteiger partial charge in [-0.2, -0.15) is 4.99 Å². The topological polar surface area (TPSA) is 12.4 Å². The van der Waals surface area contributed by atoms with Crippen molar-refractivity contribution in [1.29, 1.82) is 0 Å². The van der Waals surface area contributed by atoms with Crippen molar-refractivity contribution in [3.05, 3.63) is 29.3 Å². The normalized spacial score (nSPS) is 8.91. The predicted molar refractivity (Wildman–Crippen MR) is 50.6 cm³/mol. The molecule has 1 aromatic carbocycles. The number of benzene rings is 1. The van der Waals surface area contributed by atoms with Crippen molar-refractivity contribution in [3.8, 4) is 0 Å². The molecule has 0 bridgehead atoms. The average Bonchev–Trinajstić information content (AvgIpc) is 1.85. The molecule has 1 nitrogen and oxygen atoms in total. The van der Waals surface area contributed by atoms with Crippen molar-refractivity contribution in [2.45, 2.75) is 13.8 Å². The van der Waals surface area contributed by atoms with E-state index >= 15 is 0 Å². The SMILES string of the molecule is Cc1cc(C)cc(N=C=S)c1. The maximum absolute atomic E-state index is 4.50. The van der Waals surface area contributed by atoms with Crippen molar-refractivity contribution < 1.29 is 0 Å². The minimum atomic E-state index is 0.887. The molecule has 0 spiro atoms. The molecular weight excluding hydrogens is 154 g/mol. The second-order valence-corrected chi connectivity index (χ2v) is 2.73. The molecule has 0 fully saturated rings. The molecule has 11 heavy (non-hydrogen) atoms. The molecule has 56 valence electrons. The highest BCUT2D eigenvalue weighted by Crippen LogP contribution is 2.15. The molecule has 0 aliphatic rings. The third-order valence-electron chi connectivity index (χ3n) is 1.38. The molecule has 0 saturated heterocycles. The van der Waals surface area contributed by atoms with E-state index in [1.807, 2.05) is 26.0 Å². The Labute approximate surface area is 71.8 Å². The van der Waals surface area contributed by atoms with Crippen LogP contribution < -0.4 is 0 Å². The van der Waals surface area contributed by atoms with Gasteiger partial charge in [-0.3, -0.25) is 0 Å². The minimum absolute atomic E-state index is 0.887. The molecule has 0 aliphatic carbocycles. The van der Waals surface area contributed by atoms with Gasteiger partial charge in [0.25, 0.3) is 0 Å². The van der Waals surface area contributed by atoms with Crippen LogP contribution in [0.25, 0.3) is 0 Å². The van der Waals surface area contributed by atoms with E-state index in [1.54, 1.807) is 0 Å². The van der Waals surface area contributed by atoms with Crippen LogP contribution in [-0.2, 0) is 0 Å². The van der Waals surface area contributed by atoms with Crippen LogP contribution in [0.5, 0.6) is 0 Å². The molecule has 0 heterocycles. The lowest BCUT2D eigenvalue weighted by molar-refractivity contribution is 1.36. The van der Waals surface area contributed by atoms with Crippen LogP contribution in [0.4, 0.5) is 5.69 Å². The fourth-order valence-electron chi connectivity index (χ4n) is 1.07. The summed E-state index contributed by atoms with van der Waals surface area (Å²) < 4.78 is 0. The Morgan fingerprint density at radius 1 is 1.18 bits per heavy atom. The van der Waals surface area contributed by atoms with Crippen LogP contribution >= 0.6 is 12.2 Å².